The Hall–Kier alpha value is -0.930. The van der Waals surface area contributed by atoms with E-state index in [9.17, 15) is 0 Å². The van der Waals surface area contributed by atoms with E-state index in [1.54, 1.807) is 23.1 Å². The maximum Gasteiger partial charge on any atom is 0.0325 e. The SMILES string of the molecule is Nc1cccc(Sc2ccsc2)c1. The molecule has 0 unspecified atom stereocenters. The van der Waals surface area contributed by atoms with Crippen LogP contribution in [-0.4, -0.2) is 0 Å². The molecule has 0 amide bonds. The van der Waals surface area contributed by atoms with Gasteiger partial charge >= 0.3 is 0 Å². The second-order valence-corrected chi connectivity index (χ2v) is 4.56. The van der Waals surface area contributed by atoms with Gasteiger partial charge < -0.3 is 5.73 Å². The highest BCUT2D eigenvalue weighted by Crippen LogP contribution is 2.29. The molecular weight excluding hydrogens is 198 g/mol. The van der Waals surface area contributed by atoms with Crippen LogP contribution in [0.5, 0.6) is 0 Å². The molecule has 0 radical (unpaired) electrons. The van der Waals surface area contributed by atoms with Gasteiger partial charge in [0.2, 0.25) is 0 Å². The Kier molecular flexibility index (Phi) is 2.57. The zero-order valence-electron chi connectivity index (χ0n) is 6.94. The van der Waals surface area contributed by atoms with Gasteiger partial charge in [-0.05, 0) is 29.6 Å². The normalized spacial score (nSPS) is 10.2. The van der Waals surface area contributed by atoms with E-state index in [0.717, 1.165) is 5.69 Å². The molecule has 0 aliphatic rings. The average molecular weight is 207 g/mol. The third kappa shape index (κ3) is 2.26. The number of nitrogen functional groups attached to an aromatic ring is 1. The number of thiophene rings is 1. The first-order valence-corrected chi connectivity index (χ1v) is 5.66. The van der Waals surface area contributed by atoms with Gasteiger partial charge in [-0.25, -0.2) is 0 Å². The van der Waals surface area contributed by atoms with Crippen molar-refractivity contribution >= 4 is 28.8 Å². The van der Waals surface area contributed by atoms with Crippen molar-refractivity contribution < 1.29 is 0 Å². The van der Waals surface area contributed by atoms with Crippen LogP contribution in [0.4, 0.5) is 5.69 Å². The molecule has 13 heavy (non-hydrogen) atoms. The van der Waals surface area contributed by atoms with Gasteiger partial charge in [0.1, 0.15) is 0 Å². The van der Waals surface area contributed by atoms with Crippen molar-refractivity contribution in [2.45, 2.75) is 9.79 Å². The minimum Gasteiger partial charge on any atom is -0.399 e. The fourth-order valence-electron chi connectivity index (χ4n) is 1.02. The second-order valence-electron chi connectivity index (χ2n) is 2.63. The fourth-order valence-corrected chi connectivity index (χ4v) is 2.74. The highest BCUT2D eigenvalue weighted by atomic mass is 32.2. The molecule has 2 N–H and O–H groups in total. The van der Waals surface area contributed by atoms with E-state index in [2.05, 4.69) is 22.9 Å². The van der Waals surface area contributed by atoms with Crippen LogP contribution >= 0.6 is 23.1 Å². The van der Waals surface area contributed by atoms with Crippen LogP contribution < -0.4 is 5.73 Å². The molecule has 2 rings (SSSR count). The second kappa shape index (κ2) is 3.85. The number of hydrogen-bond acceptors (Lipinski definition) is 3. The topological polar surface area (TPSA) is 26.0 Å². The first kappa shape index (κ1) is 8.66. The lowest BCUT2D eigenvalue weighted by atomic mass is 10.3. The molecule has 0 bridgehead atoms. The summed E-state index contributed by atoms with van der Waals surface area (Å²) in [6.45, 7) is 0. The Labute approximate surface area is 85.6 Å². The third-order valence-electron chi connectivity index (χ3n) is 1.59. The Bertz CT molecular complexity index is 382. The minimum absolute atomic E-state index is 0.820. The monoisotopic (exact) mass is 207 g/mol. The number of benzene rings is 1. The van der Waals surface area contributed by atoms with E-state index in [0.29, 0.717) is 0 Å². The van der Waals surface area contributed by atoms with Gasteiger partial charge in [-0.2, -0.15) is 11.3 Å². The van der Waals surface area contributed by atoms with Gasteiger partial charge in [0.25, 0.3) is 0 Å². The average Bonchev–Trinajstić information content (AvgIpc) is 2.57. The molecule has 0 saturated carbocycles. The lowest BCUT2D eigenvalue weighted by Crippen LogP contribution is -1.82. The summed E-state index contributed by atoms with van der Waals surface area (Å²) in [5.74, 6) is 0. The zero-order chi connectivity index (χ0) is 9.10. The Morgan fingerprint density at radius 1 is 1.15 bits per heavy atom. The van der Waals surface area contributed by atoms with Crippen LogP contribution in [0.3, 0.4) is 0 Å². The van der Waals surface area contributed by atoms with Crippen LogP contribution in [0, 0.1) is 0 Å². The molecule has 1 aromatic heterocycles. The van der Waals surface area contributed by atoms with Gasteiger partial charge in [-0.3, -0.25) is 0 Å². The lowest BCUT2D eigenvalue weighted by molar-refractivity contribution is 1.44. The van der Waals surface area contributed by atoms with Crippen molar-refractivity contribution in [3.05, 3.63) is 41.1 Å². The third-order valence-corrected chi connectivity index (χ3v) is 3.40. The van der Waals surface area contributed by atoms with E-state index in [1.165, 1.54) is 9.79 Å². The Morgan fingerprint density at radius 2 is 2.08 bits per heavy atom. The maximum atomic E-state index is 5.68. The number of anilines is 1. The molecule has 66 valence electrons. The predicted octanol–water partition coefficient (Wildman–Crippen LogP) is 3.48. The van der Waals surface area contributed by atoms with E-state index in [-0.39, 0.29) is 0 Å². The molecule has 2 aromatic rings. The smallest absolute Gasteiger partial charge is 0.0325 e. The molecule has 0 atom stereocenters. The van der Waals surface area contributed by atoms with E-state index < -0.39 is 0 Å². The van der Waals surface area contributed by atoms with Crippen molar-refractivity contribution in [2.24, 2.45) is 0 Å². The van der Waals surface area contributed by atoms with E-state index >= 15 is 0 Å². The summed E-state index contributed by atoms with van der Waals surface area (Å²) < 4.78 is 0. The van der Waals surface area contributed by atoms with Gasteiger partial charge in [0, 0.05) is 20.9 Å². The summed E-state index contributed by atoms with van der Waals surface area (Å²) in [4.78, 5) is 2.47. The van der Waals surface area contributed by atoms with Crippen molar-refractivity contribution in [1.29, 1.82) is 0 Å². The molecule has 1 heterocycles. The van der Waals surface area contributed by atoms with Crippen molar-refractivity contribution in [3.8, 4) is 0 Å². The molecule has 1 nitrogen and oxygen atoms in total. The maximum absolute atomic E-state index is 5.68. The molecule has 1 aromatic carbocycles. The Morgan fingerprint density at radius 3 is 2.77 bits per heavy atom. The number of hydrogen-bond donors (Lipinski definition) is 1. The van der Waals surface area contributed by atoms with E-state index in [1.807, 2.05) is 18.2 Å². The lowest BCUT2D eigenvalue weighted by Gasteiger charge is -1.99. The van der Waals surface area contributed by atoms with E-state index in [4.69, 9.17) is 5.73 Å². The summed E-state index contributed by atoms with van der Waals surface area (Å²) in [6.07, 6.45) is 0. The summed E-state index contributed by atoms with van der Waals surface area (Å²) in [5, 5.41) is 4.21. The summed E-state index contributed by atoms with van der Waals surface area (Å²) in [6, 6.07) is 10.0. The quantitative estimate of drug-likeness (QED) is 0.763. The highest BCUT2D eigenvalue weighted by Gasteiger charge is 1.96. The number of rotatable bonds is 2. The summed E-state index contributed by atoms with van der Waals surface area (Å²) in [7, 11) is 0. The van der Waals surface area contributed by atoms with Crippen molar-refractivity contribution in [1.82, 2.24) is 0 Å². The number of nitrogens with two attached hydrogens (primary N) is 1. The fraction of sp³-hybridized carbons (Fsp3) is 0. The largest absolute Gasteiger partial charge is 0.399 e. The molecule has 0 spiro atoms. The van der Waals surface area contributed by atoms with Gasteiger partial charge in [0.15, 0.2) is 0 Å². The molecule has 3 heteroatoms. The highest BCUT2D eigenvalue weighted by molar-refractivity contribution is 7.99. The van der Waals surface area contributed by atoms with Crippen LogP contribution in [0.1, 0.15) is 0 Å². The Balaban J connectivity index is 2.19. The zero-order valence-corrected chi connectivity index (χ0v) is 8.57. The predicted molar refractivity (Wildman–Crippen MR) is 59.3 cm³/mol. The van der Waals surface area contributed by atoms with Gasteiger partial charge in [-0.1, -0.05) is 17.8 Å². The molecule has 0 aliphatic heterocycles. The van der Waals surface area contributed by atoms with Crippen molar-refractivity contribution in [3.63, 3.8) is 0 Å². The summed E-state index contributed by atoms with van der Waals surface area (Å²) in [5.41, 5.74) is 6.50. The van der Waals surface area contributed by atoms with Crippen molar-refractivity contribution in [2.75, 3.05) is 5.73 Å². The van der Waals surface area contributed by atoms with Gasteiger partial charge in [0.05, 0.1) is 0 Å². The van der Waals surface area contributed by atoms with Crippen LogP contribution in [-0.2, 0) is 0 Å². The molecule has 0 aliphatic carbocycles. The standard InChI is InChI=1S/C10H9NS2/c11-8-2-1-3-9(6-8)13-10-4-5-12-7-10/h1-7H,11H2. The van der Waals surface area contributed by atoms with Gasteiger partial charge in [-0.15, -0.1) is 0 Å². The summed E-state index contributed by atoms with van der Waals surface area (Å²) >= 11 is 3.45. The minimum atomic E-state index is 0.820. The first-order chi connectivity index (χ1) is 6.34. The van der Waals surface area contributed by atoms with Crippen LogP contribution in [0.25, 0.3) is 0 Å². The molecular formula is C10H9NS2. The van der Waals surface area contributed by atoms with Crippen LogP contribution in [0.2, 0.25) is 0 Å². The molecule has 0 fully saturated rings. The molecule has 0 saturated heterocycles. The first-order valence-electron chi connectivity index (χ1n) is 3.90. The van der Waals surface area contributed by atoms with Crippen LogP contribution in [0.15, 0.2) is 50.9 Å².